The summed E-state index contributed by atoms with van der Waals surface area (Å²) in [5.41, 5.74) is 2.12. The summed E-state index contributed by atoms with van der Waals surface area (Å²) in [6.45, 7) is 13.7. The summed E-state index contributed by atoms with van der Waals surface area (Å²) in [6.07, 6.45) is 0. The van der Waals surface area contributed by atoms with Gasteiger partial charge in [0.15, 0.2) is 0 Å². The van der Waals surface area contributed by atoms with E-state index in [1.807, 2.05) is 0 Å². The van der Waals surface area contributed by atoms with Gasteiger partial charge in [0.25, 0.3) is 0 Å². The number of hydrogen-bond donors (Lipinski definition) is 0. The second-order valence-corrected chi connectivity index (χ2v) is 10.6. The van der Waals surface area contributed by atoms with Gasteiger partial charge in [-0.3, -0.25) is 0 Å². The molecule has 0 aromatic heterocycles. The van der Waals surface area contributed by atoms with Crippen molar-refractivity contribution in [3.63, 3.8) is 0 Å². The summed E-state index contributed by atoms with van der Waals surface area (Å²) in [6, 6.07) is -1.10. The Morgan fingerprint density at radius 2 is 0.909 bits per heavy atom. The second kappa shape index (κ2) is 4.05. The Bertz CT molecular complexity index is 130. The first-order valence-corrected chi connectivity index (χ1v) is 7.43. The second-order valence-electron chi connectivity index (χ2n) is 4.04. The van der Waals surface area contributed by atoms with Crippen LogP contribution in [0.1, 0.15) is 41.5 Å². The van der Waals surface area contributed by atoms with E-state index < -0.39 is 6.04 Å². The zero-order valence-electron chi connectivity index (χ0n) is 8.59. The Balaban J connectivity index is 4.69. The summed E-state index contributed by atoms with van der Waals surface area (Å²) < 4.78 is 0. The maximum Gasteiger partial charge on any atom is -0.0171 e. The lowest BCUT2D eigenvalue weighted by atomic mass is 10.5. The molecule has 11 heavy (non-hydrogen) atoms. The molecular weight excluding hydrogens is 171 g/mol. The fourth-order valence-electron chi connectivity index (χ4n) is 1.79. The summed E-state index contributed by atoms with van der Waals surface area (Å²) in [5.74, 6) is 0. The first-order valence-electron chi connectivity index (χ1n) is 4.42. The minimum atomic E-state index is -1.10. The highest BCUT2D eigenvalue weighted by Gasteiger charge is 2.28. The maximum absolute atomic E-state index is 5.78. The van der Waals surface area contributed by atoms with Crippen LogP contribution in [0, 0.1) is 0 Å². The molecule has 0 bridgehead atoms. The van der Waals surface area contributed by atoms with Gasteiger partial charge in [-0.05, 0) is 23.0 Å². The van der Waals surface area contributed by atoms with Gasteiger partial charge in [0, 0.05) is 0 Å². The van der Waals surface area contributed by atoms with Gasteiger partial charge in [0.2, 0.25) is 0 Å². The van der Waals surface area contributed by atoms with Crippen molar-refractivity contribution in [2.45, 2.75) is 58.5 Å². The van der Waals surface area contributed by atoms with Crippen molar-refractivity contribution < 1.29 is 0 Å². The van der Waals surface area contributed by atoms with Gasteiger partial charge in [0.1, 0.15) is 0 Å². The van der Waals surface area contributed by atoms with Gasteiger partial charge >= 0.3 is 0 Å². The fraction of sp³-hybridized carbons (Fsp3) is 1.00. The van der Waals surface area contributed by atoms with Crippen molar-refractivity contribution in [1.82, 2.24) is 0 Å². The molecule has 0 amide bonds. The fourth-order valence-corrected chi connectivity index (χ4v) is 5.37. The molecule has 0 N–H and O–H groups in total. The van der Waals surface area contributed by atoms with E-state index in [0.717, 1.165) is 0 Å². The lowest BCUT2D eigenvalue weighted by Crippen LogP contribution is -2.15. The molecule has 0 nitrogen and oxygen atoms in total. The lowest BCUT2D eigenvalue weighted by molar-refractivity contribution is 0.943. The van der Waals surface area contributed by atoms with E-state index >= 15 is 0 Å². The van der Waals surface area contributed by atoms with Crippen molar-refractivity contribution in [3.8, 4) is 0 Å². The van der Waals surface area contributed by atoms with Crippen molar-refractivity contribution in [1.29, 1.82) is 0 Å². The molecule has 0 fully saturated rings. The summed E-state index contributed by atoms with van der Waals surface area (Å²) in [4.78, 5) is 0. The molecule has 0 aromatic rings. The molecule has 0 saturated carbocycles. The van der Waals surface area contributed by atoms with Crippen molar-refractivity contribution >= 4 is 17.8 Å². The molecule has 0 aliphatic carbocycles. The standard InChI is InChI=1S/C9H21PS/c1-7(2)10(11,8(3)4)9(5)6/h7-9H,1-6H3. The third kappa shape index (κ3) is 2.29. The van der Waals surface area contributed by atoms with Crippen LogP contribution in [-0.2, 0) is 11.8 Å². The minimum absolute atomic E-state index is 0.706. The number of rotatable bonds is 3. The highest BCUT2D eigenvalue weighted by Crippen LogP contribution is 2.59. The Hall–Kier alpha value is 0.650. The zero-order valence-corrected chi connectivity index (χ0v) is 10.3. The Labute approximate surface area is 76.8 Å². The van der Waals surface area contributed by atoms with Crippen LogP contribution in [0.2, 0.25) is 0 Å². The van der Waals surface area contributed by atoms with Crippen molar-refractivity contribution in [2.24, 2.45) is 0 Å². The van der Waals surface area contributed by atoms with Gasteiger partial charge < -0.3 is 0 Å². The van der Waals surface area contributed by atoms with Gasteiger partial charge in [-0.15, -0.1) is 0 Å². The summed E-state index contributed by atoms with van der Waals surface area (Å²) in [7, 11) is 0. The highest BCUT2D eigenvalue weighted by molar-refractivity contribution is 8.15. The average molecular weight is 192 g/mol. The first kappa shape index (κ1) is 11.6. The topological polar surface area (TPSA) is 0 Å². The molecule has 68 valence electrons. The predicted molar refractivity (Wildman–Crippen MR) is 59.7 cm³/mol. The van der Waals surface area contributed by atoms with Crippen LogP contribution in [0.25, 0.3) is 0 Å². The van der Waals surface area contributed by atoms with Gasteiger partial charge in [-0.25, -0.2) is 0 Å². The molecule has 0 unspecified atom stereocenters. The quantitative estimate of drug-likeness (QED) is 0.614. The summed E-state index contributed by atoms with van der Waals surface area (Å²) >= 11 is 5.78. The zero-order chi connectivity index (χ0) is 9.23. The van der Waals surface area contributed by atoms with Gasteiger partial charge in [0.05, 0.1) is 0 Å². The summed E-state index contributed by atoms with van der Waals surface area (Å²) in [5, 5.41) is 0. The predicted octanol–water partition coefficient (Wildman–Crippen LogP) is 3.69. The minimum Gasteiger partial charge on any atom is -0.0967 e. The van der Waals surface area contributed by atoms with Crippen LogP contribution >= 0.6 is 6.04 Å². The molecular formula is C9H21PS. The van der Waals surface area contributed by atoms with Crippen molar-refractivity contribution in [3.05, 3.63) is 0 Å². The Morgan fingerprint density at radius 1 is 0.727 bits per heavy atom. The van der Waals surface area contributed by atoms with Crippen LogP contribution in [0.5, 0.6) is 0 Å². The van der Waals surface area contributed by atoms with E-state index in [9.17, 15) is 0 Å². The molecule has 0 aliphatic heterocycles. The molecule has 0 aliphatic rings. The molecule has 0 rings (SSSR count). The molecule has 0 atom stereocenters. The maximum atomic E-state index is 5.78. The first-order chi connectivity index (χ1) is 4.83. The Morgan fingerprint density at radius 3 is 0.909 bits per heavy atom. The SMILES string of the molecule is CC(C)P(=S)(C(C)C)C(C)C. The third-order valence-electron chi connectivity index (χ3n) is 2.42. The van der Waals surface area contributed by atoms with Crippen LogP contribution in [0.3, 0.4) is 0 Å². The van der Waals surface area contributed by atoms with E-state index in [1.165, 1.54) is 0 Å². The average Bonchev–Trinajstić information content (AvgIpc) is 1.84. The van der Waals surface area contributed by atoms with E-state index in [0.29, 0.717) is 17.0 Å². The monoisotopic (exact) mass is 192 g/mol. The van der Waals surface area contributed by atoms with Crippen LogP contribution in [-0.4, -0.2) is 17.0 Å². The van der Waals surface area contributed by atoms with Gasteiger partial charge in [-0.1, -0.05) is 53.3 Å². The van der Waals surface area contributed by atoms with Crippen LogP contribution in [0.15, 0.2) is 0 Å². The Kier molecular flexibility index (Phi) is 4.29. The van der Waals surface area contributed by atoms with Crippen LogP contribution < -0.4 is 0 Å². The molecule has 0 spiro atoms. The van der Waals surface area contributed by atoms with Gasteiger partial charge in [-0.2, -0.15) is 0 Å². The van der Waals surface area contributed by atoms with E-state index in [4.69, 9.17) is 11.8 Å². The molecule has 0 heterocycles. The third-order valence-corrected chi connectivity index (χ3v) is 11.1. The van der Waals surface area contributed by atoms with E-state index in [-0.39, 0.29) is 0 Å². The normalized spacial score (nSPS) is 13.5. The molecule has 2 heteroatoms. The van der Waals surface area contributed by atoms with E-state index in [1.54, 1.807) is 0 Å². The molecule has 0 aromatic carbocycles. The number of hydrogen-bond acceptors (Lipinski definition) is 1. The lowest BCUT2D eigenvalue weighted by Gasteiger charge is -2.34. The molecule has 0 radical (unpaired) electrons. The highest BCUT2D eigenvalue weighted by atomic mass is 32.4. The van der Waals surface area contributed by atoms with E-state index in [2.05, 4.69) is 41.5 Å². The largest absolute Gasteiger partial charge is 0.0967 e. The smallest absolute Gasteiger partial charge is 0.0171 e. The van der Waals surface area contributed by atoms with Crippen molar-refractivity contribution in [2.75, 3.05) is 0 Å². The molecule has 0 saturated heterocycles. The van der Waals surface area contributed by atoms with Crippen LogP contribution in [0.4, 0.5) is 0 Å².